The minimum atomic E-state index is -3.20. The standard InChI is InChI=1S/C14H14N2O4S2/c17-14(20-10-13-15-6-8-21-13)11-2-4-12(5-3-11)16-7-1-9-22(16,18)19/h2-6,8H,1,7,9-10H2. The summed E-state index contributed by atoms with van der Waals surface area (Å²) in [4.78, 5) is 16.0. The highest BCUT2D eigenvalue weighted by Gasteiger charge is 2.28. The van der Waals surface area contributed by atoms with E-state index >= 15 is 0 Å². The Morgan fingerprint density at radius 3 is 2.68 bits per heavy atom. The molecule has 2 aromatic rings. The first-order valence-electron chi connectivity index (χ1n) is 6.72. The molecule has 0 saturated carbocycles. The van der Waals surface area contributed by atoms with Crippen LogP contribution in [0.5, 0.6) is 0 Å². The smallest absolute Gasteiger partial charge is 0.338 e. The molecule has 0 spiro atoms. The molecule has 3 rings (SSSR count). The number of carbonyl (C=O) groups excluding carboxylic acids is 1. The molecule has 1 aromatic heterocycles. The van der Waals surface area contributed by atoms with Gasteiger partial charge in [0.25, 0.3) is 0 Å². The molecule has 1 aliphatic rings. The molecule has 8 heteroatoms. The first kappa shape index (κ1) is 15.0. The number of ether oxygens (including phenoxy) is 1. The van der Waals surface area contributed by atoms with Gasteiger partial charge in [-0.15, -0.1) is 11.3 Å². The van der Waals surface area contributed by atoms with E-state index in [0.29, 0.717) is 24.2 Å². The second kappa shape index (κ2) is 6.05. The van der Waals surface area contributed by atoms with Crippen LogP contribution in [0.2, 0.25) is 0 Å². The number of carbonyl (C=O) groups is 1. The van der Waals surface area contributed by atoms with Gasteiger partial charge in [-0.3, -0.25) is 4.31 Å². The molecule has 116 valence electrons. The Bertz CT molecular complexity index is 755. The van der Waals surface area contributed by atoms with E-state index in [-0.39, 0.29) is 12.4 Å². The Hall–Kier alpha value is -1.93. The van der Waals surface area contributed by atoms with Crippen molar-refractivity contribution in [1.29, 1.82) is 0 Å². The van der Waals surface area contributed by atoms with Crippen LogP contribution < -0.4 is 4.31 Å². The quantitative estimate of drug-likeness (QED) is 0.797. The molecular weight excluding hydrogens is 324 g/mol. The Labute approximate surface area is 132 Å². The lowest BCUT2D eigenvalue weighted by Gasteiger charge is -2.16. The highest BCUT2D eigenvalue weighted by molar-refractivity contribution is 7.93. The van der Waals surface area contributed by atoms with Crippen LogP contribution in [0.1, 0.15) is 21.8 Å². The summed E-state index contributed by atoms with van der Waals surface area (Å²) < 4.78 is 30.2. The molecule has 1 saturated heterocycles. The van der Waals surface area contributed by atoms with E-state index in [1.807, 2.05) is 5.38 Å². The highest BCUT2D eigenvalue weighted by atomic mass is 32.2. The number of esters is 1. The van der Waals surface area contributed by atoms with E-state index in [1.54, 1.807) is 30.5 Å². The van der Waals surface area contributed by atoms with Gasteiger partial charge in [-0.2, -0.15) is 0 Å². The molecule has 22 heavy (non-hydrogen) atoms. The van der Waals surface area contributed by atoms with Crippen molar-refractivity contribution in [3.63, 3.8) is 0 Å². The number of nitrogens with zero attached hydrogens (tertiary/aromatic N) is 2. The Morgan fingerprint density at radius 1 is 1.32 bits per heavy atom. The molecule has 0 bridgehead atoms. The van der Waals surface area contributed by atoms with Gasteiger partial charge in [0, 0.05) is 18.1 Å². The van der Waals surface area contributed by atoms with E-state index in [9.17, 15) is 13.2 Å². The van der Waals surface area contributed by atoms with Gasteiger partial charge in [0.05, 0.1) is 17.0 Å². The fourth-order valence-corrected chi connectivity index (χ4v) is 4.32. The van der Waals surface area contributed by atoms with E-state index in [2.05, 4.69) is 4.98 Å². The minimum absolute atomic E-state index is 0.138. The van der Waals surface area contributed by atoms with Gasteiger partial charge in [-0.25, -0.2) is 18.2 Å². The number of rotatable bonds is 4. The average molecular weight is 338 g/mol. The van der Waals surface area contributed by atoms with Crippen LogP contribution in [0.25, 0.3) is 0 Å². The van der Waals surface area contributed by atoms with E-state index in [4.69, 9.17) is 4.74 Å². The maximum Gasteiger partial charge on any atom is 0.338 e. The lowest BCUT2D eigenvalue weighted by atomic mass is 10.2. The number of aromatic nitrogens is 1. The fraction of sp³-hybridized carbons (Fsp3) is 0.286. The highest BCUT2D eigenvalue weighted by Crippen LogP contribution is 2.24. The third-order valence-corrected chi connectivity index (χ3v) is 5.92. The maximum atomic E-state index is 11.9. The second-order valence-electron chi connectivity index (χ2n) is 4.79. The van der Waals surface area contributed by atoms with Crippen LogP contribution in [0, 0.1) is 0 Å². The second-order valence-corrected chi connectivity index (χ2v) is 7.78. The zero-order valence-corrected chi connectivity index (χ0v) is 13.3. The van der Waals surface area contributed by atoms with Crippen molar-refractivity contribution >= 4 is 33.0 Å². The van der Waals surface area contributed by atoms with Gasteiger partial charge in [0.2, 0.25) is 10.0 Å². The van der Waals surface area contributed by atoms with Gasteiger partial charge in [-0.05, 0) is 30.7 Å². The topological polar surface area (TPSA) is 76.6 Å². The Balaban J connectivity index is 1.67. The molecular formula is C14H14N2O4S2. The summed E-state index contributed by atoms with van der Waals surface area (Å²) in [6.07, 6.45) is 2.28. The molecule has 0 amide bonds. The lowest BCUT2D eigenvalue weighted by molar-refractivity contribution is 0.0472. The first-order valence-corrected chi connectivity index (χ1v) is 9.21. The summed E-state index contributed by atoms with van der Waals surface area (Å²) >= 11 is 1.42. The van der Waals surface area contributed by atoms with Gasteiger partial charge in [0.15, 0.2) is 0 Å². The summed E-state index contributed by atoms with van der Waals surface area (Å²) in [6.45, 7) is 0.620. The van der Waals surface area contributed by atoms with Crippen LogP contribution in [0.3, 0.4) is 0 Å². The fourth-order valence-electron chi connectivity index (χ4n) is 2.23. The monoisotopic (exact) mass is 338 g/mol. The third kappa shape index (κ3) is 3.12. The van der Waals surface area contributed by atoms with Gasteiger partial charge in [0.1, 0.15) is 11.6 Å². The SMILES string of the molecule is O=C(OCc1nccs1)c1ccc(N2CCCS2(=O)=O)cc1. The van der Waals surface area contributed by atoms with Gasteiger partial charge >= 0.3 is 5.97 Å². The normalized spacial score (nSPS) is 16.6. The summed E-state index contributed by atoms with van der Waals surface area (Å²) in [5, 5.41) is 2.54. The zero-order chi connectivity index (χ0) is 15.6. The molecule has 1 aliphatic heterocycles. The van der Waals surface area contributed by atoms with Crippen molar-refractivity contribution < 1.29 is 17.9 Å². The van der Waals surface area contributed by atoms with Crippen molar-refractivity contribution in [2.24, 2.45) is 0 Å². The molecule has 0 aliphatic carbocycles. The van der Waals surface area contributed by atoms with Gasteiger partial charge < -0.3 is 4.74 Å². The number of thiazole rings is 1. The van der Waals surface area contributed by atoms with Crippen LogP contribution in [-0.2, 0) is 21.4 Å². The average Bonchev–Trinajstić information content (AvgIpc) is 3.14. The zero-order valence-electron chi connectivity index (χ0n) is 11.6. The third-order valence-electron chi connectivity index (χ3n) is 3.30. The molecule has 6 nitrogen and oxygen atoms in total. The molecule has 0 N–H and O–H groups in total. The molecule has 0 unspecified atom stereocenters. The molecule has 0 radical (unpaired) electrons. The van der Waals surface area contributed by atoms with Crippen LogP contribution in [-0.4, -0.2) is 31.7 Å². The molecule has 1 aromatic carbocycles. The summed E-state index contributed by atoms with van der Waals surface area (Å²) in [6, 6.07) is 6.41. The van der Waals surface area contributed by atoms with E-state index < -0.39 is 16.0 Å². The summed E-state index contributed by atoms with van der Waals surface area (Å²) in [7, 11) is -3.20. The Morgan fingerprint density at radius 2 is 2.09 bits per heavy atom. The molecule has 0 atom stereocenters. The number of hydrogen-bond acceptors (Lipinski definition) is 6. The number of sulfonamides is 1. The lowest BCUT2D eigenvalue weighted by Crippen LogP contribution is -2.25. The predicted molar refractivity (Wildman–Crippen MR) is 83.4 cm³/mol. The van der Waals surface area contributed by atoms with Crippen molar-refractivity contribution in [1.82, 2.24) is 4.98 Å². The van der Waals surface area contributed by atoms with E-state index in [1.165, 1.54) is 15.6 Å². The van der Waals surface area contributed by atoms with Crippen molar-refractivity contribution in [3.8, 4) is 0 Å². The van der Waals surface area contributed by atoms with E-state index in [0.717, 1.165) is 5.01 Å². The van der Waals surface area contributed by atoms with Crippen molar-refractivity contribution in [2.45, 2.75) is 13.0 Å². The largest absolute Gasteiger partial charge is 0.455 e. The van der Waals surface area contributed by atoms with Crippen LogP contribution in [0.4, 0.5) is 5.69 Å². The van der Waals surface area contributed by atoms with Crippen molar-refractivity contribution in [3.05, 3.63) is 46.4 Å². The minimum Gasteiger partial charge on any atom is -0.455 e. The summed E-state index contributed by atoms with van der Waals surface area (Å²) in [5.74, 6) is -0.282. The van der Waals surface area contributed by atoms with Crippen LogP contribution in [0.15, 0.2) is 35.8 Å². The Kier molecular flexibility index (Phi) is 4.12. The number of anilines is 1. The predicted octanol–water partition coefficient (Wildman–Crippen LogP) is 2.04. The first-order chi connectivity index (χ1) is 10.6. The maximum absolute atomic E-state index is 11.9. The number of hydrogen-bond donors (Lipinski definition) is 0. The summed E-state index contributed by atoms with van der Waals surface area (Å²) in [5.41, 5.74) is 0.964. The molecule has 1 fully saturated rings. The van der Waals surface area contributed by atoms with Gasteiger partial charge in [-0.1, -0.05) is 0 Å². The van der Waals surface area contributed by atoms with Crippen LogP contribution >= 0.6 is 11.3 Å². The van der Waals surface area contributed by atoms with Crippen molar-refractivity contribution in [2.75, 3.05) is 16.6 Å². The number of benzene rings is 1. The molecule has 2 heterocycles.